The molecule has 3 rings (SSSR count). The minimum atomic E-state index is -4.27. The van der Waals surface area contributed by atoms with Gasteiger partial charge in [0.2, 0.25) is 5.89 Å². The Morgan fingerprint density at radius 2 is 1.79 bits per heavy atom. The summed E-state index contributed by atoms with van der Waals surface area (Å²) in [6.45, 7) is 5.37. The van der Waals surface area contributed by atoms with Crippen LogP contribution >= 0.6 is 0 Å². The minimum absolute atomic E-state index is 0.00906. The fourth-order valence-electron chi connectivity index (χ4n) is 4.73. The Hall–Kier alpha value is -3.15. The molecule has 1 aliphatic carbocycles. The van der Waals surface area contributed by atoms with Crippen molar-refractivity contribution < 1.29 is 36.7 Å². The molecule has 1 aromatic carbocycles. The molecule has 12 heteroatoms. The van der Waals surface area contributed by atoms with Crippen LogP contribution in [0, 0.1) is 5.92 Å². The SMILES string of the molecule is COc1ccc(S(=O)(=O)NC(=O)c2noc([C@H](CCCC3CCCCC3)CC(=O)OC(C)(C)C)n2)cc1OC. The van der Waals surface area contributed by atoms with Crippen LogP contribution in [0.2, 0.25) is 0 Å². The van der Waals surface area contributed by atoms with Crippen molar-refractivity contribution in [3.8, 4) is 11.5 Å². The Morgan fingerprint density at radius 1 is 1.10 bits per heavy atom. The van der Waals surface area contributed by atoms with Crippen LogP contribution in [0.3, 0.4) is 0 Å². The predicted molar refractivity (Wildman–Crippen MR) is 142 cm³/mol. The second-order valence-electron chi connectivity index (χ2n) is 10.8. The van der Waals surface area contributed by atoms with Crippen molar-refractivity contribution in [2.24, 2.45) is 5.92 Å². The average Bonchev–Trinajstić information content (AvgIpc) is 3.37. The van der Waals surface area contributed by atoms with E-state index in [4.69, 9.17) is 18.7 Å². The van der Waals surface area contributed by atoms with E-state index < -0.39 is 39.2 Å². The Morgan fingerprint density at radius 3 is 2.44 bits per heavy atom. The number of ether oxygens (including phenoxy) is 3. The van der Waals surface area contributed by atoms with E-state index in [0.717, 1.165) is 12.8 Å². The summed E-state index contributed by atoms with van der Waals surface area (Å²) in [5, 5.41) is 3.70. The zero-order chi connectivity index (χ0) is 28.6. The van der Waals surface area contributed by atoms with E-state index in [9.17, 15) is 18.0 Å². The second kappa shape index (κ2) is 13.3. The summed E-state index contributed by atoms with van der Waals surface area (Å²) >= 11 is 0. The van der Waals surface area contributed by atoms with Gasteiger partial charge in [-0.25, -0.2) is 13.1 Å². The molecule has 216 valence electrons. The Bertz CT molecular complexity index is 1230. The first-order valence-corrected chi connectivity index (χ1v) is 14.7. The molecule has 0 unspecified atom stereocenters. The number of hydrogen-bond acceptors (Lipinski definition) is 10. The van der Waals surface area contributed by atoms with Crippen molar-refractivity contribution in [1.29, 1.82) is 0 Å². The number of aromatic nitrogens is 2. The zero-order valence-electron chi connectivity index (χ0n) is 23.3. The van der Waals surface area contributed by atoms with Crippen LogP contribution in [-0.4, -0.2) is 50.3 Å². The van der Waals surface area contributed by atoms with Gasteiger partial charge in [-0.15, -0.1) is 0 Å². The molecule has 1 heterocycles. The molecule has 0 saturated heterocycles. The molecule has 1 atom stereocenters. The third kappa shape index (κ3) is 8.94. The van der Waals surface area contributed by atoms with Crippen LogP contribution in [0.25, 0.3) is 0 Å². The normalized spacial score (nSPS) is 15.4. The van der Waals surface area contributed by atoms with Crippen LogP contribution in [0.1, 0.15) is 101 Å². The van der Waals surface area contributed by atoms with Gasteiger partial charge in [0.25, 0.3) is 15.8 Å². The van der Waals surface area contributed by atoms with Crippen molar-refractivity contribution in [2.75, 3.05) is 14.2 Å². The number of rotatable bonds is 12. The predicted octanol–water partition coefficient (Wildman–Crippen LogP) is 4.77. The molecular weight excluding hydrogens is 526 g/mol. The van der Waals surface area contributed by atoms with Crippen molar-refractivity contribution in [3.63, 3.8) is 0 Å². The number of carbonyl (C=O) groups is 2. The fourth-order valence-corrected chi connectivity index (χ4v) is 5.69. The highest BCUT2D eigenvalue weighted by Gasteiger charge is 2.29. The molecule has 0 radical (unpaired) electrons. The first-order chi connectivity index (χ1) is 18.4. The number of esters is 1. The van der Waals surface area contributed by atoms with Crippen molar-refractivity contribution in [3.05, 3.63) is 29.9 Å². The number of carbonyl (C=O) groups excluding carboxylic acids is 2. The molecule has 1 aliphatic rings. The second-order valence-corrected chi connectivity index (χ2v) is 12.5. The Balaban J connectivity index is 1.72. The molecular formula is C27H39N3O8S. The number of nitrogens with one attached hydrogen (secondary N) is 1. The summed E-state index contributed by atoms with van der Waals surface area (Å²) in [6.07, 6.45) is 8.73. The molecule has 1 N–H and O–H groups in total. The number of benzene rings is 1. The lowest BCUT2D eigenvalue weighted by Crippen LogP contribution is -2.31. The van der Waals surface area contributed by atoms with Gasteiger partial charge in [-0.3, -0.25) is 9.59 Å². The third-order valence-corrected chi connectivity index (χ3v) is 7.94. The lowest BCUT2D eigenvalue weighted by atomic mass is 9.84. The number of sulfonamides is 1. The van der Waals surface area contributed by atoms with E-state index in [-0.39, 0.29) is 23.0 Å². The van der Waals surface area contributed by atoms with E-state index in [1.54, 1.807) is 20.8 Å². The molecule has 1 aromatic heterocycles. The standard InChI is InChI=1S/C27H39N3O8S/c1-27(2,3)37-23(31)16-19(13-9-12-18-10-7-6-8-11-18)26-28-24(29-38-26)25(32)30-39(33,34)20-14-15-21(35-4)22(17-20)36-5/h14-15,17-19H,6-13,16H2,1-5H3,(H,30,32)/t19-/m1/s1. The molecule has 39 heavy (non-hydrogen) atoms. The molecule has 0 aliphatic heterocycles. The fraction of sp³-hybridized carbons (Fsp3) is 0.630. The number of methoxy groups -OCH3 is 2. The van der Waals surface area contributed by atoms with Crippen molar-refractivity contribution >= 4 is 21.9 Å². The van der Waals surface area contributed by atoms with E-state index in [2.05, 4.69) is 10.1 Å². The maximum Gasteiger partial charge on any atom is 0.307 e. The van der Waals surface area contributed by atoms with Gasteiger partial charge in [0.1, 0.15) is 5.60 Å². The quantitative estimate of drug-likeness (QED) is 0.357. The minimum Gasteiger partial charge on any atom is -0.493 e. The summed E-state index contributed by atoms with van der Waals surface area (Å²) in [4.78, 5) is 29.3. The highest BCUT2D eigenvalue weighted by atomic mass is 32.2. The summed E-state index contributed by atoms with van der Waals surface area (Å²) in [5.41, 5.74) is -0.651. The lowest BCUT2D eigenvalue weighted by molar-refractivity contribution is -0.155. The topological polar surface area (TPSA) is 147 Å². The maximum absolute atomic E-state index is 12.8. The largest absolute Gasteiger partial charge is 0.493 e. The molecule has 1 saturated carbocycles. The van der Waals surface area contributed by atoms with Gasteiger partial charge in [0.15, 0.2) is 11.5 Å². The number of amides is 1. The molecule has 1 fully saturated rings. The Kier molecular flexibility index (Phi) is 10.3. The van der Waals surface area contributed by atoms with E-state index >= 15 is 0 Å². The van der Waals surface area contributed by atoms with Gasteiger partial charge < -0.3 is 18.7 Å². The first kappa shape index (κ1) is 30.4. The van der Waals surface area contributed by atoms with Gasteiger partial charge in [-0.1, -0.05) is 50.1 Å². The van der Waals surface area contributed by atoms with Gasteiger partial charge in [-0.2, -0.15) is 4.98 Å². The van der Waals surface area contributed by atoms with E-state index in [1.807, 2.05) is 4.72 Å². The van der Waals surface area contributed by atoms with Crippen LogP contribution in [0.5, 0.6) is 11.5 Å². The van der Waals surface area contributed by atoms with E-state index in [1.165, 1.54) is 64.5 Å². The maximum atomic E-state index is 12.8. The van der Waals surface area contributed by atoms with Crippen molar-refractivity contribution in [1.82, 2.24) is 14.9 Å². The van der Waals surface area contributed by atoms with Gasteiger partial charge in [0.05, 0.1) is 25.5 Å². The van der Waals surface area contributed by atoms with Gasteiger partial charge in [-0.05, 0) is 45.2 Å². The average molecular weight is 566 g/mol. The summed E-state index contributed by atoms with van der Waals surface area (Å²) < 4.78 is 48.7. The van der Waals surface area contributed by atoms with Crippen LogP contribution in [0.15, 0.2) is 27.6 Å². The molecule has 0 spiro atoms. The third-order valence-electron chi connectivity index (χ3n) is 6.61. The van der Waals surface area contributed by atoms with Crippen LogP contribution in [0.4, 0.5) is 0 Å². The van der Waals surface area contributed by atoms with Crippen LogP contribution < -0.4 is 14.2 Å². The smallest absolute Gasteiger partial charge is 0.307 e. The van der Waals surface area contributed by atoms with Gasteiger partial charge >= 0.3 is 11.9 Å². The van der Waals surface area contributed by atoms with Gasteiger partial charge in [0, 0.05) is 12.0 Å². The summed E-state index contributed by atoms with van der Waals surface area (Å²) in [7, 11) is -1.48. The molecule has 0 bridgehead atoms. The molecule has 11 nitrogen and oxygen atoms in total. The highest BCUT2D eigenvalue weighted by Crippen LogP contribution is 2.32. The Labute approximate surface area is 230 Å². The number of hydrogen-bond donors (Lipinski definition) is 1. The highest BCUT2D eigenvalue weighted by molar-refractivity contribution is 7.90. The summed E-state index contributed by atoms with van der Waals surface area (Å²) in [6, 6.07) is 3.93. The summed E-state index contributed by atoms with van der Waals surface area (Å²) in [5.74, 6) is -1.08. The molecule has 1 amide bonds. The number of nitrogens with zero attached hydrogens (tertiary/aromatic N) is 2. The van der Waals surface area contributed by atoms with Crippen LogP contribution in [-0.2, 0) is 19.6 Å². The first-order valence-electron chi connectivity index (χ1n) is 13.3. The zero-order valence-corrected chi connectivity index (χ0v) is 24.1. The monoisotopic (exact) mass is 565 g/mol. The van der Waals surface area contributed by atoms with E-state index in [0.29, 0.717) is 18.1 Å². The van der Waals surface area contributed by atoms with Crippen molar-refractivity contribution in [2.45, 2.75) is 95.0 Å². The molecule has 2 aromatic rings. The lowest BCUT2D eigenvalue weighted by Gasteiger charge is -2.23.